The van der Waals surface area contributed by atoms with Crippen molar-refractivity contribution in [2.45, 2.75) is 57.0 Å². The Labute approximate surface area is 89.2 Å². The van der Waals surface area contributed by atoms with E-state index in [1.807, 2.05) is 14.2 Å². The van der Waals surface area contributed by atoms with E-state index in [0.717, 1.165) is 0 Å². The van der Waals surface area contributed by atoms with E-state index < -0.39 is 8.56 Å². The summed E-state index contributed by atoms with van der Waals surface area (Å²) in [6.45, 7) is 4.53. The summed E-state index contributed by atoms with van der Waals surface area (Å²) < 4.78 is 11.7. The topological polar surface area (TPSA) is 18.5 Å². The van der Waals surface area contributed by atoms with Crippen LogP contribution in [0.5, 0.6) is 0 Å². The van der Waals surface area contributed by atoms with Gasteiger partial charge in [0.05, 0.1) is 0 Å². The van der Waals surface area contributed by atoms with Crippen molar-refractivity contribution in [3.63, 3.8) is 0 Å². The SMILES string of the molecule is CCC1CCCC(CC)[Si]1(OC)OC. The van der Waals surface area contributed by atoms with Crippen molar-refractivity contribution in [1.29, 1.82) is 0 Å². The van der Waals surface area contributed by atoms with Gasteiger partial charge in [-0.2, -0.15) is 0 Å². The van der Waals surface area contributed by atoms with Gasteiger partial charge in [0.25, 0.3) is 0 Å². The molecule has 84 valence electrons. The highest BCUT2D eigenvalue weighted by molar-refractivity contribution is 6.70. The van der Waals surface area contributed by atoms with Crippen LogP contribution in [0.2, 0.25) is 11.1 Å². The first-order chi connectivity index (χ1) is 6.75. The maximum atomic E-state index is 5.85. The van der Waals surface area contributed by atoms with E-state index in [9.17, 15) is 0 Å². The minimum absolute atomic E-state index is 0.705. The Morgan fingerprint density at radius 1 is 1.00 bits per heavy atom. The minimum atomic E-state index is -1.89. The first-order valence-electron chi connectivity index (χ1n) is 5.85. The van der Waals surface area contributed by atoms with E-state index in [-0.39, 0.29) is 0 Å². The van der Waals surface area contributed by atoms with Crippen molar-refractivity contribution in [2.75, 3.05) is 14.2 Å². The van der Waals surface area contributed by atoms with E-state index in [4.69, 9.17) is 8.85 Å². The predicted molar refractivity (Wildman–Crippen MR) is 61.7 cm³/mol. The molecule has 0 aromatic heterocycles. The zero-order chi connectivity index (χ0) is 10.6. The third-order valence-corrected chi connectivity index (χ3v) is 8.81. The van der Waals surface area contributed by atoms with Gasteiger partial charge in [0.15, 0.2) is 0 Å². The molecule has 2 unspecified atom stereocenters. The summed E-state index contributed by atoms with van der Waals surface area (Å²) in [6, 6.07) is 0. The molecule has 0 saturated carbocycles. The van der Waals surface area contributed by atoms with E-state index in [1.165, 1.54) is 32.1 Å². The largest absolute Gasteiger partial charge is 0.397 e. The van der Waals surface area contributed by atoms with Gasteiger partial charge in [-0.1, -0.05) is 33.1 Å². The van der Waals surface area contributed by atoms with E-state index in [1.54, 1.807) is 0 Å². The minimum Gasteiger partial charge on any atom is -0.397 e. The maximum Gasteiger partial charge on any atom is 0.344 e. The van der Waals surface area contributed by atoms with Crippen LogP contribution in [0.3, 0.4) is 0 Å². The summed E-state index contributed by atoms with van der Waals surface area (Å²) in [6.07, 6.45) is 6.40. The van der Waals surface area contributed by atoms with Crippen molar-refractivity contribution in [1.82, 2.24) is 0 Å². The molecule has 3 heteroatoms. The number of hydrogen-bond donors (Lipinski definition) is 0. The van der Waals surface area contributed by atoms with Gasteiger partial charge in [0, 0.05) is 25.3 Å². The zero-order valence-electron chi connectivity index (χ0n) is 10.0. The lowest BCUT2D eigenvalue weighted by Crippen LogP contribution is -2.51. The summed E-state index contributed by atoms with van der Waals surface area (Å²) in [5.41, 5.74) is 1.41. The summed E-state index contributed by atoms with van der Waals surface area (Å²) in [4.78, 5) is 0. The Balaban J connectivity index is 2.86. The van der Waals surface area contributed by atoms with Gasteiger partial charge in [0.2, 0.25) is 0 Å². The molecule has 0 amide bonds. The van der Waals surface area contributed by atoms with Gasteiger partial charge < -0.3 is 8.85 Å². The van der Waals surface area contributed by atoms with Crippen molar-refractivity contribution in [2.24, 2.45) is 0 Å². The zero-order valence-corrected chi connectivity index (χ0v) is 11.0. The molecule has 1 rings (SSSR count). The Morgan fingerprint density at radius 2 is 1.43 bits per heavy atom. The standard InChI is InChI=1S/C11H24O2Si/c1-5-10-8-7-9-11(6-2)14(10,12-3)13-4/h10-11H,5-9H2,1-4H3. The first kappa shape index (κ1) is 12.2. The monoisotopic (exact) mass is 216 g/mol. The molecule has 2 atom stereocenters. The third-order valence-electron chi connectivity index (χ3n) is 3.87. The molecule has 14 heavy (non-hydrogen) atoms. The molecule has 0 aliphatic carbocycles. The lowest BCUT2D eigenvalue weighted by atomic mass is 10.1. The smallest absolute Gasteiger partial charge is 0.344 e. The number of hydrogen-bond acceptors (Lipinski definition) is 2. The highest BCUT2D eigenvalue weighted by Crippen LogP contribution is 2.47. The Kier molecular flexibility index (Phi) is 4.61. The van der Waals surface area contributed by atoms with E-state index in [0.29, 0.717) is 11.1 Å². The van der Waals surface area contributed by atoms with E-state index in [2.05, 4.69) is 13.8 Å². The molecule has 0 N–H and O–H groups in total. The molecule has 0 radical (unpaired) electrons. The maximum absolute atomic E-state index is 5.85. The van der Waals surface area contributed by atoms with Crippen LogP contribution in [0.4, 0.5) is 0 Å². The van der Waals surface area contributed by atoms with Gasteiger partial charge in [-0.05, 0) is 12.8 Å². The van der Waals surface area contributed by atoms with Gasteiger partial charge in [0.1, 0.15) is 0 Å². The van der Waals surface area contributed by atoms with Crippen LogP contribution in [0.1, 0.15) is 46.0 Å². The summed E-state index contributed by atoms with van der Waals surface area (Å²) in [5, 5.41) is 0. The molecule has 1 aliphatic heterocycles. The predicted octanol–water partition coefficient (Wildman–Crippen LogP) is 3.47. The Morgan fingerprint density at radius 3 is 1.71 bits per heavy atom. The number of rotatable bonds is 4. The van der Waals surface area contributed by atoms with Crippen LogP contribution in [0.25, 0.3) is 0 Å². The summed E-state index contributed by atoms with van der Waals surface area (Å²) >= 11 is 0. The lowest BCUT2D eigenvalue weighted by molar-refractivity contribution is 0.194. The summed E-state index contributed by atoms with van der Waals surface area (Å²) in [7, 11) is 1.82. The van der Waals surface area contributed by atoms with Gasteiger partial charge in [-0.3, -0.25) is 0 Å². The average molecular weight is 216 g/mol. The second-order valence-corrected chi connectivity index (χ2v) is 8.16. The normalized spacial score (nSPS) is 31.7. The molecule has 0 spiro atoms. The highest BCUT2D eigenvalue weighted by Gasteiger charge is 2.51. The third kappa shape index (κ3) is 1.90. The second kappa shape index (κ2) is 5.28. The van der Waals surface area contributed by atoms with Crippen LogP contribution in [0, 0.1) is 0 Å². The second-order valence-electron chi connectivity index (χ2n) is 4.27. The fraction of sp³-hybridized carbons (Fsp3) is 1.00. The molecule has 1 heterocycles. The molecule has 0 aromatic rings. The quantitative estimate of drug-likeness (QED) is 0.670. The van der Waals surface area contributed by atoms with Gasteiger partial charge >= 0.3 is 8.56 Å². The van der Waals surface area contributed by atoms with Crippen molar-refractivity contribution < 1.29 is 8.85 Å². The molecular weight excluding hydrogens is 192 g/mol. The lowest BCUT2D eigenvalue weighted by Gasteiger charge is -2.44. The van der Waals surface area contributed by atoms with Crippen LogP contribution in [0.15, 0.2) is 0 Å². The molecular formula is C11H24O2Si. The van der Waals surface area contributed by atoms with Crippen LogP contribution in [-0.4, -0.2) is 22.8 Å². The first-order valence-corrected chi connectivity index (χ1v) is 7.82. The molecule has 1 saturated heterocycles. The Hall–Kier alpha value is 0.137. The molecule has 0 bridgehead atoms. The fourth-order valence-corrected chi connectivity index (χ4v) is 7.59. The fourth-order valence-electron chi connectivity index (χ4n) is 3.07. The average Bonchev–Trinajstić information content (AvgIpc) is 2.27. The molecule has 0 aromatic carbocycles. The van der Waals surface area contributed by atoms with Crippen molar-refractivity contribution >= 4 is 8.56 Å². The Bertz CT molecular complexity index is 155. The van der Waals surface area contributed by atoms with Crippen LogP contribution in [-0.2, 0) is 8.85 Å². The molecule has 1 aliphatic rings. The highest BCUT2D eigenvalue weighted by atomic mass is 28.4. The molecule has 1 fully saturated rings. The van der Waals surface area contributed by atoms with Crippen LogP contribution >= 0.6 is 0 Å². The van der Waals surface area contributed by atoms with Gasteiger partial charge in [-0.15, -0.1) is 0 Å². The van der Waals surface area contributed by atoms with Crippen LogP contribution < -0.4 is 0 Å². The van der Waals surface area contributed by atoms with E-state index >= 15 is 0 Å². The molecule has 2 nitrogen and oxygen atoms in total. The summed E-state index contributed by atoms with van der Waals surface area (Å²) in [5.74, 6) is 0. The van der Waals surface area contributed by atoms with Gasteiger partial charge in [-0.25, -0.2) is 0 Å². The van der Waals surface area contributed by atoms with Crippen molar-refractivity contribution in [3.8, 4) is 0 Å². The van der Waals surface area contributed by atoms with Crippen molar-refractivity contribution in [3.05, 3.63) is 0 Å².